The first kappa shape index (κ1) is 21.8. The summed E-state index contributed by atoms with van der Waals surface area (Å²) < 4.78 is 6.36. The van der Waals surface area contributed by atoms with Crippen LogP contribution in [0.1, 0.15) is 38.2 Å². The number of ether oxygens (including phenoxy) is 1. The number of hydrogen-bond acceptors (Lipinski definition) is 4. The Labute approximate surface area is 190 Å². The average molecular weight is 437 g/mol. The Bertz CT molecular complexity index is 1070. The van der Waals surface area contributed by atoms with Crippen molar-refractivity contribution in [3.63, 3.8) is 0 Å². The molecule has 0 aliphatic carbocycles. The minimum Gasteiger partial charge on any atom is -0.490 e. The molecule has 0 radical (unpaired) electrons. The number of Topliss-reactive ketones (excluding diaryl/α,β-unsaturated/α-hetero) is 1. The molecular formula is C26H29ClN2O2. The van der Waals surface area contributed by atoms with Gasteiger partial charge in [-0.2, -0.15) is 0 Å². The normalized spacial score (nSPS) is 22.8. The van der Waals surface area contributed by atoms with Gasteiger partial charge in [-0.3, -0.25) is 14.7 Å². The molecule has 2 fully saturated rings. The van der Waals surface area contributed by atoms with Crippen LogP contribution in [0.3, 0.4) is 0 Å². The van der Waals surface area contributed by atoms with Gasteiger partial charge in [-0.1, -0.05) is 30.3 Å². The number of nitrogens with zero attached hydrogens (tertiary/aromatic N) is 2. The van der Waals surface area contributed by atoms with Gasteiger partial charge in [-0.15, -0.1) is 12.4 Å². The molecule has 31 heavy (non-hydrogen) atoms. The monoisotopic (exact) mass is 436 g/mol. The van der Waals surface area contributed by atoms with Crippen LogP contribution in [-0.2, 0) is 4.79 Å². The van der Waals surface area contributed by atoms with E-state index in [-0.39, 0.29) is 24.3 Å². The Balaban J connectivity index is 0.00000231. The minimum absolute atomic E-state index is 0. The van der Waals surface area contributed by atoms with Crippen LogP contribution in [-0.4, -0.2) is 40.4 Å². The van der Waals surface area contributed by atoms with Crippen LogP contribution in [0, 0.1) is 6.92 Å². The number of carbonyl (C=O) groups excluding carboxylic acids is 1. The maximum Gasteiger partial charge on any atom is 0.143 e. The minimum atomic E-state index is 0. The predicted molar refractivity (Wildman–Crippen MR) is 127 cm³/mol. The van der Waals surface area contributed by atoms with E-state index in [1.807, 2.05) is 12.3 Å². The summed E-state index contributed by atoms with van der Waals surface area (Å²) in [5.74, 6) is 1.20. The second-order valence-corrected chi connectivity index (χ2v) is 8.81. The van der Waals surface area contributed by atoms with Crippen molar-refractivity contribution in [1.29, 1.82) is 0 Å². The number of rotatable bonds is 5. The lowest BCUT2D eigenvalue weighted by Gasteiger charge is -2.38. The van der Waals surface area contributed by atoms with E-state index in [1.165, 1.54) is 34.9 Å². The number of piperidine rings is 1. The van der Waals surface area contributed by atoms with Crippen molar-refractivity contribution in [2.24, 2.45) is 0 Å². The molecule has 5 heteroatoms. The highest BCUT2D eigenvalue weighted by atomic mass is 35.5. The molecule has 5 rings (SSSR count). The van der Waals surface area contributed by atoms with Gasteiger partial charge >= 0.3 is 0 Å². The fourth-order valence-electron chi connectivity index (χ4n) is 5.35. The molecule has 162 valence electrons. The molecule has 3 atom stereocenters. The lowest BCUT2D eigenvalue weighted by molar-refractivity contribution is -0.119. The van der Waals surface area contributed by atoms with Crippen molar-refractivity contribution in [2.75, 3.05) is 6.54 Å². The standard InChI is InChI=1S/C26H28N2O2.ClH/c1-17(29)16-28-21-8-9-22(28)15-24(14-21)30-23-10-5-19(6-11-23)25-12-7-20-4-3-13-27-26(20)18(25)2;/h3-7,10-13,21-22,24H,8-9,14-16H2,1-2H3;1H/t21-,22+,24?;. The second kappa shape index (κ2) is 8.97. The van der Waals surface area contributed by atoms with Crippen molar-refractivity contribution in [3.05, 3.63) is 60.3 Å². The highest BCUT2D eigenvalue weighted by Crippen LogP contribution is 2.37. The number of pyridine rings is 1. The molecule has 2 aliphatic rings. The SMILES string of the molecule is CC(=O)CN1[C@@H]2CC[C@H]1CC(Oc1ccc(-c3ccc4cccnc4c3C)cc1)C2.Cl. The molecule has 3 heterocycles. The maximum absolute atomic E-state index is 11.6. The van der Waals surface area contributed by atoms with E-state index in [4.69, 9.17) is 4.74 Å². The first-order valence-corrected chi connectivity index (χ1v) is 10.9. The molecule has 3 aromatic rings. The van der Waals surface area contributed by atoms with Crippen molar-refractivity contribution < 1.29 is 9.53 Å². The smallest absolute Gasteiger partial charge is 0.143 e. The van der Waals surface area contributed by atoms with E-state index in [1.54, 1.807) is 6.92 Å². The molecule has 1 aromatic heterocycles. The fourth-order valence-corrected chi connectivity index (χ4v) is 5.35. The quantitative estimate of drug-likeness (QED) is 0.522. The Morgan fingerprint density at radius 2 is 1.77 bits per heavy atom. The molecule has 2 bridgehead atoms. The zero-order valence-electron chi connectivity index (χ0n) is 18.1. The molecule has 0 saturated carbocycles. The van der Waals surface area contributed by atoms with Crippen LogP contribution in [0.5, 0.6) is 5.75 Å². The maximum atomic E-state index is 11.6. The fraction of sp³-hybridized carbons (Fsp3) is 0.385. The third-order valence-corrected chi connectivity index (χ3v) is 6.74. The van der Waals surface area contributed by atoms with Gasteiger partial charge in [0.2, 0.25) is 0 Å². The Kier molecular flexibility index (Phi) is 6.31. The molecule has 2 saturated heterocycles. The van der Waals surface area contributed by atoms with Crippen LogP contribution in [0.15, 0.2) is 54.7 Å². The van der Waals surface area contributed by atoms with E-state index >= 15 is 0 Å². The van der Waals surface area contributed by atoms with E-state index in [0.29, 0.717) is 18.6 Å². The lowest BCUT2D eigenvalue weighted by atomic mass is 9.97. The Morgan fingerprint density at radius 3 is 2.45 bits per heavy atom. The van der Waals surface area contributed by atoms with Gasteiger partial charge in [0, 0.05) is 23.7 Å². The first-order chi connectivity index (χ1) is 14.6. The summed E-state index contributed by atoms with van der Waals surface area (Å²) >= 11 is 0. The van der Waals surface area contributed by atoms with Crippen molar-refractivity contribution in [3.8, 4) is 16.9 Å². The van der Waals surface area contributed by atoms with E-state index in [2.05, 4.69) is 59.3 Å². The van der Waals surface area contributed by atoms with Gasteiger partial charge in [-0.05, 0) is 74.4 Å². The summed E-state index contributed by atoms with van der Waals surface area (Å²) in [6.07, 6.45) is 6.49. The lowest BCUT2D eigenvalue weighted by Crippen LogP contribution is -2.47. The number of halogens is 1. The molecule has 1 unspecified atom stereocenters. The number of carbonyl (C=O) groups is 1. The van der Waals surface area contributed by atoms with E-state index in [9.17, 15) is 4.79 Å². The Hall–Kier alpha value is -2.43. The zero-order valence-corrected chi connectivity index (χ0v) is 18.9. The van der Waals surface area contributed by atoms with Crippen LogP contribution < -0.4 is 4.74 Å². The van der Waals surface area contributed by atoms with E-state index in [0.717, 1.165) is 24.1 Å². The highest BCUT2D eigenvalue weighted by Gasteiger charge is 2.41. The van der Waals surface area contributed by atoms with E-state index < -0.39 is 0 Å². The van der Waals surface area contributed by atoms with Crippen molar-refractivity contribution >= 4 is 29.1 Å². The average Bonchev–Trinajstić information content (AvgIpc) is 2.96. The van der Waals surface area contributed by atoms with Gasteiger partial charge in [0.05, 0.1) is 12.1 Å². The molecule has 0 spiro atoms. The van der Waals surface area contributed by atoms with Crippen molar-refractivity contribution in [2.45, 2.75) is 57.7 Å². The second-order valence-electron chi connectivity index (χ2n) is 8.81. The molecule has 4 nitrogen and oxygen atoms in total. The van der Waals surface area contributed by atoms with Crippen molar-refractivity contribution in [1.82, 2.24) is 9.88 Å². The topological polar surface area (TPSA) is 42.4 Å². The zero-order chi connectivity index (χ0) is 20.7. The predicted octanol–water partition coefficient (Wildman–Crippen LogP) is 5.60. The van der Waals surface area contributed by atoms with Crippen LogP contribution >= 0.6 is 12.4 Å². The Morgan fingerprint density at radius 1 is 1.06 bits per heavy atom. The summed E-state index contributed by atoms with van der Waals surface area (Å²) in [7, 11) is 0. The van der Waals surface area contributed by atoms with Crippen LogP contribution in [0.25, 0.3) is 22.0 Å². The largest absolute Gasteiger partial charge is 0.490 e. The first-order valence-electron chi connectivity index (χ1n) is 10.9. The summed E-state index contributed by atoms with van der Waals surface area (Å²) in [6.45, 7) is 4.42. The number of fused-ring (bicyclic) bond motifs is 3. The van der Waals surface area contributed by atoms with Crippen LogP contribution in [0.2, 0.25) is 0 Å². The van der Waals surface area contributed by atoms with Gasteiger partial charge in [0.25, 0.3) is 0 Å². The number of benzene rings is 2. The molecule has 0 N–H and O–H groups in total. The van der Waals surface area contributed by atoms with Gasteiger partial charge in [-0.25, -0.2) is 0 Å². The molecule has 2 aromatic carbocycles. The van der Waals surface area contributed by atoms with Gasteiger partial charge in [0.1, 0.15) is 17.6 Å². The third-order valence-electron chi connectivity index (χ3n) is 6.74. The molecule has 0 amide bonds. The van der Waals surface area contributed by atoms with Gasteiger partial charge in [0.15, 0.2) is 0 Å². The molecule has 2 aliphatic heterocycles. The van der Waals surface area contributed by atoms with Gasteiger partial charge < -0.3 is 4.74 Å². The molecular weight excluding hydrogens is 408 g/mol. The summed E-state index contributed by atoms with van der Waals surface area (Å²) in [5.41, 5.74) is 4.66. The summed E-state index contributed by atoms with van der Waals surface area (Å²) in [5, 5.41) is 1.17. The van der Waals surface area contributed by atoms with Crippen LogP contribution in [0.4, 0.5) is 0 Å². The summed E-state index contributed by atoms with van der Waals surface area (Å²) in [4.78, 5) is 18.5. The summed E-state index contributed by atoms with van der Waals surface area (Å²) in [6, 6.07) is 17.8. The number of aryl methyl sites for hydroxylation is 1. The number of ketones is 1. The third kappa shape index (κ3) is 4.32. The highest BCUT2D eigenvalue weighted by molar-refractivity contribution is 5.88. The number of hydrogen-bond donors (Lipinski definition) is 0. The number of aromatic nitrogens is 1.